The first kappa shape index (κ1) is 48.6. The van der Waals surface area contributed by atoms with E-state index >= 15 is 0 Å². The van der Waals surface area contributed by atoms with Gasteiger partial charge < -0.3 is 9.97 Å². The van der Waals surface area contributed by atoms with Gasteiger partial charge in [0.2, 0.25) is 0 Å². The first-order valence-electron chi connectivity index (χ1n) is 25.4. The van der Waals surface area contributed by atoms with Gasteiger partial charge in [0.25, 0.3) is 0 Å². The summed E-state index contributed by atoms with van der Waals surface area (Å²) >= 11 is 0. The molecule has 9 aromatic carbocycles. The molecular formula is C71H50IrN3. The second-order valence-corrected chi connectivity index (χ2v) is 18.8. The minimum Gasteiger partial charge on any atom is -0.304 e. The summed E-state index contributed by atoms with van der Waals surface area (Å²) < 4.78 is 0. The molecule has 0 saturated heterocycles. The Hall–Kier alpha value is -8.66. The molecule has 0 aliphatic rings. The Kier molecular flexibility index (Phi) is 14.7. The molecule has 0 radical (unpaired) electrons. The summed E-state index contributed by atoms with van der Waals surface area (Å²) in [6.45, 7) is 0. The molecule has 3 aromatic heterocycles. The van der Waals surface area contributed by atoms with Crippen molar-refractivity contribution in [1.29, 1.82) is 0 Å². The van der Waals surface area contributed by atoms with Gasteiger partial charge in [-0.2, -0.15) is 0 Å². The summed E-state index contributed by atoms with van der Waals surface area (Å²) in [6, 6.07) is 94.2. The third-order valence-electron chi connectivity index (χ3n) is 13.9. The SMILES string of the molecule is [Ir+3].[c-]1ccccc1-c1ccc(CCc2cc(CCc3ccc(-c4[c-]cccc4)nc3)cc(-c3ccccc3-c3cnc(-c4[c-]c(-c5ccccc5)cc(-c5ccc(-c6ccccc6)cc5)c4)c4ccccc34)c2)cn1. The van der Waals surface area contributed by atoms with Gasteiger partial charge in [-0.1, -0.05) is 193 Å². The van der Waals surface area contributed by atoms with E-state index in [2.05, 4.69) is 225 Å². The number of rotatable bonds is 14. The zero-order chi connectivity index (χ0) is 49.5. The van der Waals surface area contributed by atoms with E-state index in [1.165, 1.54) is 44.5 Å². The van der Waals surface area contributed by atoms with Crippen molar-refractivity contribution >= 4 is 10.8 Å². The number of fused-ring (bicyclic) bond motifs is 1. The van der Waals surface area contributed by atoms with Crippen LogP contribution < -0.4 is 0 Å². The summed E-state index contributed by atoms with van der Waals surface area (Å²) in [6.07, 6.45) is 9.61. The van der Waals surface area contributed by atoms with Gasteiger partial charge in [0.15, 0.2) is 0 Å². The van der Waals surface area contributed by atoms with Crippen molar-refractivity contribution in [2.75, 3.05) is 0 Å². The van der Waals surface area contributed by atoms with Crippen LogP contribution in [0.25, 0.3) is 100 Å². The first-order chi connectivity index (χ1) is 36.6. The molecule has 0 amide bonds. The number of aromatic nitrogens is 3. The minimum atomic E-state index is 0. The molecule has 75 heavy (non-hydrogen) atoms. The zero-order valence-electron chi connectivity index (χ0n) is 41.3. The molecule has 0 bridgehead atoms. The van der Waals surface area contributed by atoms with Crippen LogP contribution in [0, 0.1) is 18.2 Å². The van der Waals surface area contributed by atoms with Gasteiger partial charge in [-0.25, -0.2) is 0 Å². The predicted octanol–water partition coefficient (Wildman–Crippen LogP) is 17.3. The molecule has 358 valence electrons. The maximum atomic E-state index is 5.38. The summed E-state index contributed by atoms with van der Waals surface area (Å²) in [7, 11) is 0. The summed E-state index contributed by atoms with van der Waals surface area (Å²) in [4.78, 5) is 15.0. The zero-order valence-corrected chi connectivity index (χ0v) is 43.6. The van der Waals surface area contributed by atoms with Crippen molar-refractivity contribution in [2.24, 2.45) is 0 Å². The Morgan fingerprint density at radius 3 is 1.36 bits per heavy atom. The fourth-order valence-corrected chi connectivity index (χ4v) is 10.1. The van der Waals surface area contributed by atoms with Crippen LogP contribution in [-0.2, 0) is 45.8 Å². The molecule has 3 heterocycles. The molecule has 0 fully saturated rings. The number of pyridine rings is 3. The number of nitrogens with zero attached hydrogens (tertiary/aromatic N) is 3. The Morgan fingerprint density at radius 1 is 0.293 bits per heavy atom. The largest absolute Gasteiger partial charge is 3.00 e. The number of hydrogen-bond donors (Lipinski definition) is 0. The van der Waals surface area contributed by atoms with Crippen molar-refractivity contribution in [3.8, 4) is 89.4 Å². The van der Waals surface area contributed by atoms with Gasteiger partial charge in [-0.15, -0.1) is 95.6 Å². The molecule has 0 saturated carbocycles. The maximum Gasteiger partial charge on any atom is 3.00 e. The van der Waals surface area contributed by atoms with Gasteiger partial charge in [0, 0.05) is 29.8 Å². The average molecular weight is 1140 g/mol. The second-order valence-electron chi connectivity index (χ2n) is 18.8. The molecule has 0 aliphatic heterocycles. The maximum absolute atomic E-state index is 5.38. The van der Waals surface area contributed by atoms with E-state index in [1.807, 2.05) is 48.8 Å². The van der Waals surface area contributed by atoms with E-state index in [9.17, 15) is 0 Å². The molecule has 12 rings (SSSR count). The Balaban J connectivity index is 0.00000602. The first-order valence-corrected chi connectivity index (χ1v) is 25.4. The molecular weight excluding hydrogens is 1090 g/mol. The third kappa shape index (κ3) is 11.0. The van der Waals surface area contributed by atoms with Crippen molar-refractivity contribution in [2.45, 2.75) is 25.7 Å². The van der Waals surface area contributed by atoms with Crippen LogP contribution in [0.5, 0.6) is 0 Å². The van der Waals surface area contributed by atoms with Gasteiger partial charge in [0.1, 0.15) is 0 Å². The monoisotopic (exact) mass is 1140 g/mol. The molecule has 12 aromatic rings. The Bertz CT molecular complexity index is 3740. The summed E-state index contributed by atoms with van der Waals surface area (Å²) in [5, 5.41) is 2.22. The average Bonchev–Trinajstić information content (AvgIpc) is 3.49. The summed E-state index contributed by atoms with van der Waals surface area (Å²) in [5.74, 6) is 0. The van der Waals surface area contributed by atoms with Gasteiger partial charge in [0.05, 0.1) is 0 Å². The van der Waals surface area contributed by atoms with Gasteiger partial charge in [-0.05, 0) is 103 Å². The van der Waals surface area contributed by atoms with E-state index in [0.29, 0.717) is 0 Å². The third-order valence-corrected chi connectivity index (χ3v) is 13.9. The fraction of sp³-hybridized carbons (Fsp3) is 0.0563. The van der Waals surface area contributed by atoms with E-state index in [4.69, 9.17) is 15.0 Å². The summed E-state index contributed by atoms with van der Waals surface area (Å²) in [5.41, 5.74) is 22.1. The molecule has 3 nitrogen and oxygen atoms in total. The van der Waals surface area contributed by atoms with Crippen LogP contribution in [0.4, 0.5) is 0 Å². The van der Waals surface area contributed by atoms with Crippen LogP contribution in [0.2, 0.25) is 0 Å². The van der Waals surface area contributed by atoms with E-state index in [0.717, 1.165) is 104 Å². The van der Waals surface area contributed by atoms with Gasteiger partial charge >= 0.3 is 20.1 Å². The van der Waals surface area contributed by atoms with Gasteiger partial charge in [-0.3, -0.25) is 4.98 Å². The fourth-order valence-electron chi connectivity index (χ4n) is 10.1. The van der Waals surface area contributed by atoms with Crippen molar-refractivity contribution in [3.63, 3.8) is 0 Å². The molecule has 0 aliphatic carbocycles. The minimum absolute atomic E-state index is 0. The molecule has 0 unspecified atom stereocenters. The van der Waals surface area contributed by atoms with Crippen LogP contribution in [0.15, 0.2) is 255 Å². The Morgan fingerprint density at radius 2 is 0.787 bits per heavy atom. The molecule has 0 atom stereocenters. The van der Waals surface area contributed by atoms with Crippen molar-refractivity contribution < 1.29 is 20.1 Å². The van der Waals surface area contributed by atoms with Crippen LogP contribution >= 0.6 is 0 Å². The number of hydrogen-bond acceptors (Lipinski definition) is 3. The predicted molar refractivity (Wildman–Crippen MR) is 305 cm³/mol. The molecule has 0 N–H and O–H groups in total. The normalized spacial score (nSPS) is 11.0. The van der Waals surface area contributed by atoms with E-state index in [1.54, 1.807) is 0 Å². The Labute approximate surface area is 453 Å². The van der Waals surface area contributed by atoms with E-state index < -0.39 is 0 Å². The van der Waals surface area contributed by atoms with Crippen molar-refractivity contribution in [1.82, 2.24) is 15.0 Å². The van der Waals surface area contributed by atoms with Crippen LogP contribution in [-0.4, -0.2) is 15.0 Å². The molecule has 4 heteroatoms. The van der Waals surface area contributed by atoms with Crippen molar-refractivity contribution in [3.05, 3.63) is 296 Å². The van der Waals surface area contributed by atoms with E-state index in [-0.39, 0.29) is 20.1 Å². The smallest absolute Gasteiger partial charge is 0.304 e. The number of benzene rings is 9. The second kappa shape index (κ2) is 22.6. The van der Waals surface area contributed by atoms with Crippen LogP contribution in [0.1, 0.15) is 22.3 Å². The van der Waals surface area contributed by atoms with Crippen LogP contribution in [0.3, 0.4) is 0 Å². The molecule has 0 spiro atoms. The topological polar surface area (TPSA) is 38.7 Å². The number of aryl methyl sites for hydroxylation is 4. The standard InChI is InChI=1S/C71H50N3.Ir/c1-5-17-54(18-6-1)56-35-37-57(38-36-56)61-44-60(55-19-7-2-8-20-55)45-63(46-61)71-67-28-16-15-27-66(67)68(49-74-71)65-26-14-13-25-64(65)62-42-52(31-29-50-33-39-69(72-47-50)58-21-9-3-10-22-58)41-53(43-62)32-30-51-34-40-70(73-48-51)59-23-11-4-12-24-59;/h1-21,23,25-28,33-44,46-49H,29-32H2;/q-3;+3. The quantitative estimate of drug-likeness (QED) is 0.102.